The molecule has 0 aliphatic carbocycles. The molecule has 2 bridgehead atoms. The maximum atomic E-state index is 12.5. The number of hydrogen-bond acceptors (Lipinski definition) is 5. The van der Waals surface area contributed by atoms with Crippen molar-refractivity contribution in [2.45, 2.75) is 48.8 Å². The molecule has 2 aliphatic rings. The molecular weight excluding hydrogens is 352 g/mol. The lowest BCUT2D eigenvalue weighted by molar-refractivity contribution is 0.137. The van der Waals surface area contributed by atoms with Gasteiger partial charge in [-0.15, -0.1) is 0 Å². The van der Waals surface area contributed by atoms with E-state index in [1.165, 1.54) is 35.6 Å². The highest BCUT2D eigenvalue weighted by atomic mass is 32.2. The fraction of sp³-hybridized carbons (Fsp3) is 0.421. The zero-order valence-electron chi connectivity index (χ0n) is 14.6. The molecule has 26 heavy (non-hydrogen) atoms. The predicted octanol–water partition coefficient (Wildman–Crippen LogP) is 1.90. The standard InChI is InChI=1S/C19H22N2O4S/c1-26(23,24)18-6-4-15(5-7-18)21-9-8-16(12-19(21)22)25-17-10-13-2-3-14(11-17)20-13/h4-9,12-14,17,20H,2-3,10-11H2,1H3. The molecule has 4 rings (SSSR count). The third kappa shape index (κ3) is 3.54. The molecule has 0 saturated carbocycles. The van der Waals surface area contributed by atoms with Gasteiger partial charge in [0.15, 0.2) is 9.84 Å². The van der Waals surface area contributed by atoms with Crippen LogP contribution in [0, 0.1) is 0 Å². The summed E-state index contributed by atoms with van der Waals surface area (Å²) in [4.78, 5) is 12.7. The lowest BCUT2D eigenvalue weighted by atomic mass is 10.0. The summed E-state index contributed by atoms with van der Waals surface area (Å²) >= 11 is 0. The van der Waals surface area contributed by atoms with Crippen LogP contribution >= 0.6 is 0 Å². The van der Waals surface area contributed by atoms with Gasteiger partial charge in [0.1, 0.15) is 11.9 Å². The van der Waals surface area contributed by atoms with Crippen LogP contribution in [-0.4, -0.2) is 37.4 Å². The van der Waals surface area contributed by atoms with Crippen molar-refractivity contribution in [1.29, 1.82) is 0 Å². The Bertz CT molecular complexity index is 954. The van der Waals surface area contributed by atoms with E-state index in [9.17, 15) is 13.2 Å². The molecule has 2 saturated heterocycles. The molecular formula is C19H22N2O4S. The Hall–Kier alpha value is -2.12. The van der Waals surface area contributed by atoms with Crippen molar-refractivity contribution in [3.8, 4) is 11.4 Å². The largest absolute Gasteiger partial charge is 0.490 e. The zero-order chi connectivity index (χ0) is 18.3. The summed E-state index contributed by atoms with van der Waals surface area (Å²) < 4.78 is 30.6. The number of pyridine rings is 1. The number of hydrogen-bond donors (Lipinski definition) is 1. The highest BCUT2D eigenvalue weighted by Crippen LogP contribution is 2.29. The Morgan fingerprint density at radius 3 is 2.31 bits per heavy atom. The number of piperidine rings is 1. The predicted molar refractivity (Wildman–Crippen MR) is 98.7 cm³/mol. The van der Waals surface area contributed by atoms with Gasteiger partial charge in [0.05, 0.1) is 4.90 Å². The molecule has 2 unspecified atom stereocenters. The highest BCUT2D eigenvalue weighted by Gasteiger charge is 2.34. The van der Waals surface area contributed by atoms with Crippen LogP contribution < -0.4 is 15.6 Å². The van der Waals surface area contributed by atoms with Crippen LogP contribution in [0.25, 0.3) is 5.69 Å². The average molecular weight is 374 g/mol. The van der Waals surface area contributed by atoms with Gasteiger partial charge in [-0.3, -0.25) is 9.36 Å². The minimum atomic E-state index is -3.25. The fourth-order valence-corrected chi connectivity index (χ4v) is 4.53. The molecule has 2 aliphatic heterocycles. The summed E-state index contributed by atoms with van der Waals surface area (Å²) in [6.45, 7) is 0. The molecule has 1 aromatic carbocycles. The van der Waals surface area contributed by atoms with E-state index in [2.05, 4.69) is 5.32 Å². The SMILES string of the molecule is CS(=O)(=O)c1ccc(-n2ccc(OC3CC4CCC(C3)N4)cc2=O)cc1. The van der Waals surface area contributed by atoms with Crippen LogP contribution in [0.3, 0.4) is 0 Å². The van der Waals surface area contributed by atoms with Gasteiger partial charge in [0.2, 0.25) is 0 Å². The molecule has 0 amide bonds. The topological polar surface area (TPSA) is 77.4 Å². The van der Waals surface area contributed by atoms with E-state index in [1.807, 2.05) is 0 Å². The van der Waals surface area contributed by atoms with E-state index in [0.29, 0.717) is 23.5 Å². The molecule has 2 atom stereocenters. The Kier molecular flexibility index (Phi) is 4.36. The second-order valence-electron chi connectivity index (χ2n) is 7.19. The third-order valence-electron chi connectivity index (χ3n) is 5.17. The molecule has 1 N–H and O–H groups in total. The first-order chi connectivity index (χ1) is 12.4. The Morgan fingerprint density at radius 1 is 1.08 bits per heavy atom. The number of rotatable bonds is 4. The molecule has 138 valence electrons. The van der Waals surface area contributed by atoms with Crippen LogP contribution in [0.2, 0.25) is 0 Å². The maximum absolute atomic E-state index is 12.5. The number of ether oxygens (including phenoxy) is 1. The smallest absolute Gasteiger partial charge is 0.258 e. The van der Waals surface area contributed by atoms with Gasteiger partial charge >= 0.3 is 0 Å². The summed E-state index contributed by atoms with van der Waals surface area (Å²) in [7, 11) is -3.25. The van der Waals surface area contributed by atoms with Gasteiger partial charge in [-0.05, 0) is 56.0 Å². The van der Waals surface area contributed by atoms with Crippen molar-refractivity contribution in [2.24, 2.45) is 0 Å². The lowest BCUT2D eigenvalue weighted by Gasteiger charge is -2.29. The van der Waals surface area contributed by atoms with Gasteiger partial charge in [0.25, 0.3) is 5.56 Å². The first-order valence-electron chi connectivity index (χ1n) is 8.84. The number of nitrogens with zero attached hydrogens (tertiary/aromatic N) is 1. The molecule has 0 spiro atoms. The van der Waals surface area contributed by atoms with E-state index < -0.39 is 9.84 Å². The second-order valence-corrected chi connectivity index (χ2v) is 9.20. The molecule has 0 radical (unpaired) electrons. The number of sulfone groups is 1. The summed E-state index contributed by atoms with van der Waals surface area (Å²) in [6.07, 6.45) is 7.35. The van der Waals surface area contributed by atoms with Crippen molar-refractivity contribution in [3.05, 3.63) is 52.9 Å². The van der Waals surface area contributed by atoms with Gasteiger partial charge < -0.3 is 10.1 Å². The summed E-state index contributed by atoms with van der Waals surface area (Å²) in [5, 5.41) is 3.57. The number of nitrogens with one attached hydrogen (secondary N) is 1. The molecule has 6 nitrogen and oxygen atoms in total. The van der Waals surface area contributed by atoms with Crippen molar-refractivity contribution in [2.75, 3.05) is 6.26 Å². The number of fused-ring (bicyclic) bond motifs is 2. The lowest BCUT2D eigenvalue weighted by Crippen LogP contribution is -2.42. The van der Waals surface area contributed by atoms with Crippen molar-refractivity contribution in [1.82, 2.24) is 9.88 Å². The maximum Gasteiger partial charge on any atom is 0.258 e. The van der Waals surface area contributed by atoms with Crippen molar-refractivity contribution in [3.63, 3.8) is 0 Å². The van der Waals surface area contributed by atoms with E-state index in [-0.39, 0.29) is 16.6 Å². The first-order valence-corrected chi connectivity index (χ1v) is 10.7. The Morgan fingerprint density at radius 2 is 1.73 bits per heavy atom. The van der Waals surface area contributed by atoms with Gasteiger partial charge in [0, 0.05) is 36.3 Å². The van der Waals surface area contributed by atoms with Crippen LogP contribution in [0.15, 0.2) is 52.3 Å². The van der Waals surface area contributed by atoms with Crippen LogP contribution in [0.4, 0.5) is 0 Å². The molecule has 1 aromatic heterocycles. The Labute approximate surface area is 152 Å². The molecule has 2 aromatic rings. The monoisotopic (exact) mass is 374 g/mol. The Balaban J connectivity index is 1.52. The average Bonchev–Trinajstić information content (AvgIpc) is 2.93. The first kappa shape index (κ1) is 17.3. The van der Waals surface area contributed by atoms with E-state index in [1.54, 1.807) is 24.4 Å². The van der Waals surface area contributed by atoms with E-state index in [0.717, 1.165) is 19.1 Å². The summed E-state index contributed by atoms with van der Waals surface area (Å²) in [5.74, 6) is 0.588. The minimum Gasteiger partial charge on any atom is -0.490 e. The quantitative estimate of drug-likeness (QED) is 0.885. The molecule has 7 heteroatoms. The van der Waals surface area contributed by atoms with Crippen LogP contribution in [0.1, 0.15) is 25.7 Å². The second kappa shape index (κ2) is 6.55. The summed E-state index contributed by atoms with van der Waals surface area (Å²) in [6, 6.07) is 10.6. The number of benzene rings is 1. The van der Waals surface area contributed by atoms with Crippen molar-refractivity contribution >= 4 is 9.84 Å². The highest BCUT2D eigenvalue weighted by molar-refractivity contribution is 7.90. The van der Waals surface area contributed by atoms with E-state index >= 15 is 0 Å². The van der Waals surface area contributed by atoms with E-state index in [4.69, 9.17) is 4.74 Å². The summed E-state index contributed by atoms with van der Waals surface area (Å²) in [5.41, 5.74) is 0.417. The number of aromatic nitrogens is 1. The normalized spacial score (nSPS) is 25.2. The third-order valence-corrected chi connectivity index (χ3v) is 6.30. The fourth-order valence-electron chi connectivity index (χ4n) is 3.90. The van der Waals surface area contributed by atoms with Crippen LogP contribution in [0.5, 0.6) is 5.75 Å². The van der Waals surface area contributed by atoms with Gasteiger partial charge in [-0.25, -0.2) is 8.42 Å². The van der Waals surface area contributed by atoms with Gasteiger partial charge in [-0.1, -0.05) is 0 Å². The van der Waals surface area contributed by atoms with Gasteiger partial charge in [-0.2, -0.15) is 0 Å². The van der Waals surface area contributed by atoms with Crippen LogP contribution in [-0.2, 0) is 9.84 Å². The molecule has 3 heterocycles. The van der Waals surface area contributed by atoms with Crippen molar-refractivity contribution < 1.29 is 13.2 Å². The zero-order valence-corrected chi connectivity index (χ0v) is 15.4. The molecule has 2 fully saturated rings. The minimum absolute atomic E-state index is 0.151.